The Morgan fingerprint density at radius 3 is 1.40 bits per heavy atom. The summed E-state index contributed by atoms with van der Waals surface area (Å²) in [5.74, 6) is 0. The quantitative estimate of drug-likeness (QED) is 0.115. The molecule has 1 heterocycles. The number of fused-ring (bicyclic) bond motifs is 5. The van der Waals surface area contributed by atoms with Gasteiger partial charge in [0.05, 0.1) is 9.52 Å². The van der Waals surface area contributed by atoms with Crippen LogP contribution in [0.5, 0.6) is 0 Å². The molecular weight excluding hydrogens is 879 g/mol. The Hall–Kier alpha value is -4.37. The van der Waals surface area contributed by atoms with E-state index in [0.29, 0.717) is 0 Å². The zero-order valence-corrected chi connectivity index (χ0v) is 40.4. The van der Waals surface area contributed by atoms with Gasteiger partial charge in [-0.2, -0.15) is 41.6 Å². The minimum atomic E-state index is 0. The van der Waals surface area contributed by atoms with Gasteiger partial charge in [-0.15, -0.1) is 74.6 Å². The van der Waals surface area contributed by atoms with E-state index in [0.717, 1.165) is 22.4 Å². The van der Waals surface area contributed by atoms with Gasteiger partial charge in [-0.3, -0.25) is 0 Å². The fraction of sp³-hybridized carbons (Fsp3) is 0.250. The molecular formula is C56H57HfSi-3. The summed E-state index contributed by atoms with van der Waals surface area (Å²) in [6, 6.07) is 58.7. The summed E-state index contributed by atoms with van der Waals surface area (Å²) in [4.78, 5) is 0. The third-order valence-electron chi connectivity index (χ3n) is 11.2. The summed E-state index contributed by atoms with van der Waals surface area (Å²) in [7, 11) is 0.795. The van der Waals surface area contributed by atoms with Crippen LogP contribution < -0.4 is 10.4 Å². The molecule has 1 aliphatic heterocycles. The van der Waals surface area contributed by atoms with E-state index in [1.165, 1.54) is 100 Å². The summed E-state index contributed by atoms with van der Waals surface area (Å²) in [5.41, 5.74) is 14.4. The molecule has 0 saturated carbocycles. The summed E-state index contributed by atoms with van der Waals surface area (Å²) in [5, 5.41) is 8.30. The molecule has 8 aromatic rings. The van der Waals surface area contributed by atoms with Gasteiger partial charge in [-0.1, -0.05) is 175 Å². The molecule has 1 aliphatic rings. The molecule has 0 bridgehead atoms. The van der Waals surface area contributed by atoms with E-state index in [9.17, 15) is 0 Å². The van der Waals surface area contributed by atoms with Gasteiger partial charge in [-0.05, 0) is 45.9 Å². The number of aryl methyl sites for hydroxylation is 2. The van der Waals surface area contributed by atoms with E-state index in [1.807, 2.05) is 6.07 Å². The molecule has 0 unspecified atom stereocenters. The molecule has 0 N–H and O–H groups in total. The fourth-order valence-electron chi connectivity index (χ4n) is 8.07. The minimum absolute atomic E-state index is 0. The summed E-state index contributed by atoms with van der Waals surface area (Å²) in [6.45, 7) is 18.2. The molecule has 0 nitrogen and oxygen atoms in total. The van der Waals surface area contributed by atoms with Gasteiger partial charge < -0.3 is 0 Å². The average molecular weight is 937 g/mol. The fourth-order valence-corrected chi connectivity index (χ4v) is 9.38. The zero-order chi connectivity index (χ0) is 40.2. The average Bonchev–Trinajstić information content (AvgIpc) is 3.95. The van der Waals surface area contributed by atoms with Crippen molar-refractivity contribution in [3.8, 4) is 33.4 Å². The Kier molecular flexibility index (Phi) is 13.9. The first-order chi connectivity index (χ1) is 27.5. The second-order valence-corrected chi connectivity index (χ2v) is 18.8. The Balaban J connectivity index is 0.000000150. The Morgan fingerprint density at radius 2 is 0.914 bits per heavy atom. The van der Waals surface area contributed by atoms with Crippen molar-refractivity contribution >= 4 is 41.4 Å². The maximum atomic E-state index is 3.31. The van der Waals surface area contributed by atoms with Crippen LogP contribution in [0.25, 0.3) is 54.9 Å². The molecule has 0 spiro atoms. The minimum Gasteiger partial charge on any atom is -0.184 e. The molecule has 2 radical (unpaired) electrons. The van der Waals surface area contributed by atoms with Crippen LogP contribution in [0.1, 0.15) is 90.5 Å². The van der Waals surface area contributed by atoms with Gasteiger partial charge in [0.1, 0.15) is 0 Å². The van der Waals surface area contributed by atoms with Gasteiger partial charge in [0, 0.05) is 25.8 Å². The van der Waals surface area contributed by atoms with Crippen molar-refractivity contribution in [1.82, 2.24) is 0 Å². The van der Waals surface area contributed by atoms with Crippen molar-refractivity contribution in [2.45, 2.75) is 91.9 Å². The van der Waals surface area contributed by atoms with Crippen molar-refractivity contribution in [1.29, 1.82) is 0 Å². The van der Waals surface area contributed by atoms with Crippen LogP contribution >= 0.6 is 0 Å². The van der Waals surface area contributed by atoms with Gasteiger partial charge in [-0.25, -0.2) is 0 Å². The van der Waals surface area contributed by atoms with Gasteiger partial charge >= 0.3 is 0 Å². The van der Waals surface area contributed by atoms with Crippen LogP contribution in [-0.4, -0.2) is 9.52 Å². The summed E-state index contributed by atoms with van der Waals surface area (Å²) in [6.07, 6.45) is 4.64. The van der Waals surface area contributed by atoms with Crippen molar-refractivity contribution < 1.29 is 25.8 Å². The molecule has 0 aromatic heterocycles. The smallest absolute Gasteiger partial charge is 0.0920 e. The molecule has 0 saturated heterocycles. The van der Waals surface area contributed by atoms with Crippen LogP contribution in [0.15, 0.2) is 152 Å². The van der Waals surface area contributed by atoms with E-state index in [1.54, 1.807) is 0 Å². The molecule has 9 rings (SSSR count). The zero-order valence-electron chi connectivity index (χ0n) is 35.8. The molecule has 58 heavy (non-hydrogen) atoms. The molecule has 292 valence electrons. The predicted octanol–water partition coefficient (Wildman–Crippen LogP) is 14.1. The molecule has 0 atom stereocenters. The SMILES string of the molecule is CCCc1ccccc1-c1cccc2[cH-]c(C(C)(C)C)cc12.CCCc1ccccc1-c1cccc2[cH-]c(C(C)(C)C)cc12.[Hf].[c-]1cccc2c1[Si]c1ccccc1-2. The van der Waals surface area contributed by atoms with Gasteiger partial charge in [0.2, 0.25) is 0 Å². The predicted molar refractivity (Wildman–Crippen MR) is 251 cm³/mol. The third kappa shape index (κ3) is 9.56. The first kappa shape index (κ1) is 43.2. The third-order valence-corrected chi connectivity index (χ3v) is 12.6. The molecule has 0 fully saturated rings. The van der Waals surface area contributed by atoms with Gasteiger partial charge in [0.15, 0.2) is 0 Å². The van der Waals surface area contributed by atoms with Crippen molar-refractivity contribution in [2.24, 2.45) is 0 Å². The molecule has 0 aliphatic carbocycles. The van der Waals surface area contributed by atoms with Gasteiger partial charge in [0.25, 0.3) is 0 Å². The summed E-state index contributed by atoms with van der Waals surface area (Å²) < 4.78 is 0. The first-order valence-corrected chi connectivity index (χ1v) is 21.9. The monoisotopic (exact) mass is 937 g/mol. The second kappa shape index (κ2) is 18.7. The van der Waals surface area contributed by atoms with E-state index in [2.05, 4.69) is 207 Å². The maximum Gasteiger partial charge on any atom is 0.0920 e. The number of benzene rings is 6. The second-order valence-electron chi connectivity index (χ2n) is 17.5. The van der Waals surface area contributed by atoms with Crippen molar-refractivity contribution in [3.63, 3.8) is 0 Å². The number of hydrogen-bond acceptors (Lipinski definition) is 0. The topological polar surface area (TPSA) is 0 Å². The van der Waals surface area contributed by atoms with E-state index >= 15 is 0 Å². The maximum absolute atomic E-state index is 3.31. The van der Waals surface area contributed by atoms with Crippen LogP contribution in [0.4, 0.5) is 0 Å². The van der Waals surface area contributed by atoms with E-state index in [4.69, 9.17) is 0 Å². The Bertz CT molecular complexity index is 2420. The normalized spacial score (nSPS) is 11.9. The largest absolute Gasteiger partial charge is 0.184 e. The summed E-state index contributed by atoms with van der Waals surface area (Å²) >= 11 is 0. The van der Waals surface area contributed by atoms with Crippen LogP contribution in [0, 0.1) is 6.07 Å². The Morgan fingerprint density at radius 1 is 0.483 bits per heavy atom. The first-order valence-electron chi connectivity index (χ1n) is 20.9. The van der Waals surface area contributed by atoms with Crippen LogP contribution in [-0.2, 0) is 49.5 Å². The standard InChI is InChI=1S/2C22H25.C12H7Si.Hf/c2*1-5-9-16-10-6-7-12-19(16)20-13-8-11-17-14-18(15-21(17)20)22(2,3)4;1-3-7-11-9(5-1)10-6-2-4-8-12(10)13-11;/h2*6-8,10-15H,5,9H2,1-4H3;1-7H;/q3*-1;. The van der Waals surface area contributed by atoms with Crippen LogP contribution in [0.2, 0.25) is 0 Å². The number of rotatable bonds is 6. The molecule has 0 amide bonds. The molecule has 2 heteroatoms. The van der Waals surface area contributed by atoms with E-state index in [-0.39, 0.29) is 36.7 Å². The molecule has 8 aromatic carbocycles. The van der Waals surface area contributed by atoms with Crippen LogP contribution in [0.3, 0.4) is 0 Å². The van der Waals surface area contributed by atoms with E-state index < -0.39 is 0 Å². The van der Waals surface area contributed by atoms with Crippen molar-refractivity contribution in [2.75, 3.05) is 0 Å². The van der Waals surface area contributed by atoms with Crippen molar-refractivity contribution in [3.05, 3.63) is 180 Å². The Labute approximate surface area is 370 Å². The number of hydrogen-bond donors (Lipinski definition) is 0.